The molecule has 0 bridgehead atoms. The lowest BCUT2D eigenvalue weighted by Crippen LogP contribution is -2.59. The van der Waals surface area contributed by atoms with Gasteiger partial charge in [-0.2, -0.15) is 0 Å². The Labute approximate surface area is 254 Å². The molecule has 0 heterocycles. The lowest BCUT2D eigenvalue weighted by atomic mass is 10.00. The number of carboxylic acids is 1. The third-order valence-electron chi connectivity index (χ3n) is 6.75. The van der Waals surface area contributed by atoms with E-state index in [1.807, 2.05) is 34.6 Å². The molecular weight excluding hydrogens is 562 g/mol. The van der Waals surface area contributed by atoms with Crippen molar-refractivity contribution in [1.29, 1.82) is 0 Å². The van der Waals surface area contributed by atoms with E-state index in [1.54, 1.807) is 27.7 Å². The van der Waals surface area contributed by atoms with E-state index >= 15 is 0 Å². The van der Waals surface area contributed by atoms with E-state index < -0.39 is 54.9 Å². The van der Waals surface area contributed by atoms with Crippen molar-refractivity contribution in [3.63, 3.8) is 0 Å². The third kappa shape index (κ3) is 13.1. The Hall–Kier alpha value is -3.54. The van der Waals surface area contributed by atoms with Gasteiger partial charge in [0.2, 0.25) is 0 Å². The highest BCUT2D eigenvalue weighted by Gasteiger charge is 2.45. The Bertz CT molecular complexity index is 1060. The van der Waals surface area contributed by atoms with Crippen molar-refractivity contribution in [2.45, 2.75) is 131 Å². The number of carbonyl (C=O) groups excluding carboxylic acids is 3. The first kappa shape index (κ1) is 37.5. The number of aliphatic carboxylic acids is 1. The molecule has 0 aliphatic carbocycles. The van der Waals surface area contributed by atoms with Crippen LogP contribution in [-0.2, 0) is 30.2 Å². The van der Waals surface area contributed by atoms with Crippen LogP contribution in [0.4, 0.5) is 14.4 Å². The first-order valence-corrected chi connectivity index (χ1v) is 15.0. The molecule has 0 saturated heterocycles. The number of nitrogens with one attached hydrogen (secondary N) is 1. The van der Waals surface area contributed by atoms with Crippen molar-refractivity contribution < 1.29 is 52.7 Å². The molecule has 1 rings (SSSR count). The number of hydrogen-bond acceptors (Lipinski definition) is 11. The minimum absolute atomic E-state index is 0.0296. The minimum Gasteiger partial charge on any atom is -0.477 e. The average molecular weight is 612 g/mol. The van der Waals surface area contributed by atoms with Crippen LogP contribution in [0.3, 0.4) is 0 Å². The van der Waals surface area contributed by atoms with Crippen molar-refractivity contribution >= 4 is 24.4 Å². The molecule has 0 aliphatic heterocycles. The zero-order chi connectivity index (χ0) is 32.7. The fourth-order valence-electron chi connectivity index (χ4n) is 3.85. The van der Waals surface area contributed by atoms with Gasteiger partial charge in [0.05, 0.1) is 0 Å². The van der Waals surface area contributed by atoms with Gasteiger partial charge in [-0.15, -0.1) is 0 Å². The van der Waals surface area contributed by atoms with Crippen molar-refractivity contribution in [2.24, 2.45) is 5.92 Å². The Morgan fingerprint density at radius 2 is 1.33 bits per heavy atom. The van der Waals surface area contributed by atoms with Gasteiger partial charge in [-0.25, -0.2) is 19.2 Å². The van der Waals surface area contributed by atoms with E-state index in [2.05, 4.69) is 5.32 Å². The smallest absolute Gasteiger partial charge is 0.477 e. The number of rotatable bonds is 17. The summed E-state index contributed by atoms with van der Waals surface area (Å²) in [5.41, 5.74) is -1.97. The summed E-state index contributed by atoms with van der Waals surface area (Å²) in [5, 5.41) is 13.2. The summed E-state index contributed by atoms with van der Waals surface area (Å²) < 4.78 is 32.0. The second-order valence-electron chi connectivity index (χ2n) is 11.1. The summed E-state index contributed by atoms with van der Waals surface area (Å²) >= 11 is 0. The van der Waals surface area contributed by atoms with Gasteiger partial charge < -0.3 is 33.5 Å². The highest BCUT2D eigenvalue weighted by Crippen LogP contribution is 2.32. The predicted octanol–water partition coefficient (Wildman–Crippen LogP) is 7.00. The zero-order valence-electron chi connectivity index (χ0n) is 26.9. The quantitative estimate of drug-likeness (QED) is 0.0805. The van der Waals surface area contributed by atoms with Crippen LogP contribution in [0.5, 0.6) is 11.5 Å². The molecule has 43 heavy (non-hydrogen) atoms. The molecule has 0 radical (unpaired) electrons. The van der Waals surface area contributed by atoms with Gasteiger partial charge in [0.25, 0.3) is 5.72 Å². The van der Waals surface area contributed by atoms with Crippen LogP contribution in [0.15, 0.2) is 18.2 Å². The first-order chi connectivity index (χ1) is 20.2. The second-order valence-corrected chi connectivity index (χ2v) is 11.1. The van der Waals surface area contributed by atoms with Crippen molar-refractivity contribution in [1.82, 2.24) is 5.32 Å². The van der Waals surface area contributed by atoms with Crippen LogP contribution in [0.25, 0.3) is 0 Å². The number of hydrogen-bond donors (Lipinski definition) is 2. The monoisotopic (exact) mass is 611 g/mol. The maximum absolute atomic E-state index is 12.7. The van der Waals surface area contributed by atoms with Crippen LogP contribution in [0.1, 0.15) is 100.0 Å². The van der Waals surface area contributed by atoms with Gasteiger partial charge in [-0.1, -0.05) is 53.5 Å². The van der Waals surface area contributed by atoms with Gasteiger partial charge in [0.1, 0.15) is 18.3 Å². The average Bonchev–Trinajstić information content (AvgIpc) is 2.89. The van der Waals surface area contributed by atoms with Crippen LogP contribution in [0.2, 0.25) is 0 Å². The first-order valence-electron chi connectivity index (χ1n) is 15.0. The van der Waals surface area contributed by atoms with E-state index in [0.717, 1.165) is 12.8 Å². The molecule has 2 N–H and O–H groups in total. The molecule has 244 valence electrons. The number of carboxylic acid groups (broad SMARTS) is 1. The van der Waals surface area contributed by atoms with Crippen LogP contribution in [-0.4, -0.2) is 59.6 Å². The Balaban J connectivity index is 3.46. The fourth-order valence-corrected chi connectivity index (χ4v) is 3.85. The van der Waals surface area contributed by atoms with Gasteiger partial charge in [-0.3, -0.25) is 5.32 Å². The number of benzene rings is 1. The summed E-state index contributed by atoms with van der Waals surface area (Å²) in [6.07, 6.45) is -1.64. The lowest BCUT2D eigenvalue weighted by molar-refractivity contribution is -0.168. The Morgan fingerprint density at radius 3 is 1.79 bits per heavy atom. The highest BCUT2D eigenvalue weighted by molar-refractivity contribution is 5.80. The summed E-state index contributed by atoms with van der Waals surface area (Å²) in [7, 11) is 0. The zero-order valence-corrected chi connectivity index (χ0v) is 26.9. The molecule has 12 heteroatoms. The number of carbonyl (C=O) groups is 4. The van der Waals surface area contributed by atoms with E-state index in [9.17, 15) is 24.3 Å². The number of ether oxygens (including phenoxy) is 6. The van der Waals surface area contributed by atoms with Crippen molar-refractivity contribution in [3.8, 4) is 11.5 Å². The van der Waals surface area contributed by atoms with Gasteiger partial charge in [0.15, 0.2) is 11.5 Å². The molecule has 12 nitrogen and oxygen atoms in total. The van der Waals surface area contributed by atoms with Gasteiger partial charge in [0, 0.05) is 12.5 Å². The van der Waals surface area contributed by atoms with E-state index in [-0.39, 0.29) is 29.0 Å². The molecule has 0 amide bonds. The van der Waals surface area contributed by atoms with E-state index in [0.29, 0.717) is 19.3 Å². The Morgan fingerprint density at radius 1 is 0.791 bits per heavy atom. The lowest BCUT2D eigenvalue weighted by Gasteiger charge is -2.33. The van der Waals surface area contributed by atoms with Crippen LogP contribution >= 0.6 is 0 Å². The molecule has 0 aliphatic rings. The summed E-state index contributed by atoms with van der Waals surface area (Å²) in [4.78, 5) is 50.4. The molecule has 0 fully saturated rings. The van der Waals surface area contributed by atoms with Crippen LogP contribution in [0, 0.1) is 5.92 Å². The molecule has 0 spiro atoms. The molecular formula is C31H49NO11. The molecule has 1 aromatic carbocycles. The Kier molecular flexibility index (Phi) is 15.9. The van der Waals surface area contributed by atoms with Gasteiger partial charge in [-0.05, 0) is 70.6 Å². The van der Waals surface area contributed by atoms with E-state index in [1.165, 1.54) is 18.2 Å². The molecule has 5 atom stereocenters. The molecule has 0 aromatic heterocycles. The fraction of sp³-hybridized carbons (Fsp3) is 0.677. The maximum Gasteiger partial charge on any atom is 0.514 e. The molecule has 1 aromatic rings. The maximum atomic E-state index is 12.7. The summed E-state index contributed by atoms with van der Waals surface area (Å²) in [5.74, 6) is -1.87. The SMILES string of the molecule is CCCC(C)OC(=O)Oc1ccc(C[C@](NC(C)CC)(OC(=O)OC(C)C(C)C)C(=O)O)cc1OC(=O)OC(C)CCC. The van der Waals surface area contributed by atoms with Crippen LogP contribution < -0.4 is 14.8 Å². The minimum atomic E-state index is -2.24. The second kappa shape index (κ2) is 18.2. The highest BCUT2D eigenvalue weighted by atomic mass is 16.8. The predicted molar refractivity (Wildman–Crippen MR) is 158 cm³/mol. The molecule has 4 unspecified atom stereocenters. The standard InChI is InChI=1S/C31H49NO11/c1-10-13-21(7)38-28(35)41-25-16-15-24(17-26(25)42-29(36)39-22(8)14-11-2)18-31(27(33)34,32-20(6)12-3)43-30(37)40-23(9)19(4)5/h15-17,19-23,32H,10-14,18H2,1-9H3,(H,33,34)/t20?,21?,22?,23?,31-/m0/s1. The third-order valence-corrected chi connectivity index (χ3v) is 6.75. The van der Waals surface area contributed by atoms with Crippen molar-refractivity contribution in [2.75, 3.05) is 0 Å². The summed E-state index contributed by atoms with van der Waals surface area (Å²) in [6.45, 7) is 16.3. The largest absolute Gasteiger partial charge is 0.514 e. The molecule has 0 saturated carbocycles. The topological polar surface area (TPSA) is 156 Å². The normalized spacial score (nSPS) is 15.3. The van der Waals surface area contributed by atoms with E-state index in [4.69, 9.17) is 28.4 Å². The van der Waals surface area contributed by atoms with Crippen molar-refractivity contribution in [3.05, 3.63) is 23.8 Å². The van der Waals surface area contributed by atoms with Gasteiger partial charge >= 0.3 is 24.4 Å². The summed E-state index contributed by atoms with van der Waals surface area (Å²) in [6, 6.07) is 3.72.